The van der Waals surface area contributed by atoms with Crippen molar-refractivity contribution in [1.29, 1.82) is 0 Å². The SMILES string of the molecule is CCOC(=O)Cc1c(Cl)ccc(C=O)c1Cl. The summed E-state index contributed by atoms with van der Waals surface area (Å²) < 4.78 is 4.78. The van der Waals surface area contributed by atoms with Crippen molar-refractivity contribution in [3.05, 3.63) is 33.3 Å². The van der Waals surface area contributed by atoms with Crippen LogP contribution in [0.15, 0.2) is 12.1 Å². The van der Waals surface area contributed by atoms with Gasteiger partial charge in [-0.3, -0.25) is 9.59 Å². The highest BCUT2D eigenvalue weighted by molar-refractivity contribution is 6.37. The summed E-state index contributed by atoms with van der Waals surface area (Å²) in [4.78, 5) is 21.9. The van der Waals surface area contributed by atoms with Gasteiger partial charge in [-0.1, -0.05) is 23.2 Å². The molecule has 0 fully saturated rings. The molecule has 1 aromatic rings. The maximum atomic E-state index is 11.3. The first-order chi connectivity index (χ1) is 7.60. The second kappa shape index (κ2) is 5.87. The maximum absolute atomic E-state index is 11.3. The minimum absolute atomic E-state index is 0.0345. The van der Waals surface area contributed by atoms with Gasteiger partial charge in [0.25, 0.3) is 0 Å². The lowest BCUT2D eigenvalue weighted by Crippen LogP contribution is -2.08. The van der Waals surface area contributed by atoms with Gasteiger partial charge in [-0.25, -0.2) is 0 Å². The van der Waals surface area contributed by atoms with Crippen molar-refractivity contribution in [2.24, 2.45) is 0 Å². The van der Waals surface area contributed by atoms with Gasteiger partial charge in [-0.05, 0) is 19.1 Å². The van der Waals surface area contributed by atoms with E-state index in [2.05, 4.69) is 0 Å². The summed E-state index contributed by atoms with van der Waals surface area (Å²) in [6.45, 7) is 2.00. The Kier molecular flexibility index (Phi) is 4.77. The Labute approximate surface area is 103 Å². The molecule has 0 aliphatic rings. The molecule has 1 rings (SSSR count). The lowest BCUT2D eigenvalue weighted by Gasteiger charge is -2.08. The Hall–Kier alpha value is -1.06. The molecule has 16 heavy (non-hydrogen) atoms. The molecule has 0 unspecified atom stereocenters. The van der Waals surface area contributed by atoms with Gasteiger partial charge in [-0.15, -0.1) is 0 Å². The summed E-state index contributed by atoms with van der Waals surface area (Å²) in [7, 11) is 0. The molecule has 0 spiro atoms. The van der Waals surface area contributed by atoms with E-state index < -0.39 is 5.97 Å². The largest absolute Gasteiger partial charge is 0.466 e. The number of carbonyl (C=O) groups excluding carboxylic acids is 2. The first kappa shape index (κ1) is 13.0. The van der Waals surface area contributed by atoms with E-state index >= 15 is 0 Å². The number of halogens is 2. The van der Waals surface area contributed by atoms with Gasteiger partial charge < -0.3 is 4.74 Å². The summed E-state index contributed by atoms with van der Waals surface area (Å²) in [5.74, 6) is -0.422. The molecule has 1 aromatic carbocycles. The number of benzene rings is 1. The molecule has 0 aliphatic heterocycles. The fourth-order valence-corrected chi connectivity index (χ4v) is 1.77. The third-order valence-corrected chi connectivity index (χ3v) is 2.77. The van der Waals surface area contributed by atoms with Gasteiger partial charge in [0.05, 0.1) is 18.1 Å². The van der Waals surface area contributed by atoms with E-state index in [-0.39, 0.29) is 11.4 Å². The summed E-state index contributed by atoms with van der Waals surface area (Å²) in [6.07, 6.45) is 0.584. The van der Waals surface area contributed by atoms with Crippen LogP contribution < -0.4 is 0 Å². The van der Waals surface area contributed by atoms with E-state index in [1.165, 1.54) is 12.1 Å². The number of rotatable bonds is 4. The van der Waals surface area contributed by atoms with E-state index in [0.717, 1.165) is 0 Å². The molecular formula is C11H10Cl2O3. The minimum atomic E-state index is -0.422. The molecule has 0 amide bonds. The lowest BCUT2D eigenvalue weighted by atomic mass is 10.1. The highest BCUT2D eigenvalue weighted by Crippen LogP contribution is 2.28. The average Bonchev–Trinajstić information content (AvgIpc) is 2.25. The molecule has 0 aromatic heterocycles. The van der Waals surface area contributed by atoms with Crippen LogP contribution in [0, 0.1) is 0 Å². The molecular weight excluding hydrogens is 251 g/mol. The number of aldehydes is 1. The monoisotopic (exact) mass is 260 g/mol. The smallest absolute Gasteiger partial charge is 0.310 e. The first-order valence-corrected chi connectivity index (χ1v) is 5.43. The lowest BCUT2D eigenvalue weighted by molar-refractivity contribution is -0.142. The van der Waals surface area contributed by atoms with Crippen molar-refractivity contribution in [3.8, 4) is 0 Å². The molecule has 0 heterocycles. The summed E-state index contributed by atoms with van der Waals surface area (Å²) in [5.41, 5.74) is 0.733. The quantitative estimate of drug-likeness (QED) is 0.618. The molecule has 5 heteroatoms. The van der Waals surface area contributed by atoms with Crippen LogP contribution in [-0.2, 0) is 16.0 Å². The summed E-state index contributed by atoms with van der Waals surface area (Å²) in [5, 5.41) is 0.555. The first-order valence-electron chi connectivity index (χ1n) is 4.67. The number of esters is 1. The van der Waals surface area contributed by atoms with Gasteiger partial charge in [-0.2, -0.15) is 0 Å². The van der Waals surface area contributed by atoms with Gasteiger partial charge in [0.2, 0.25) is 0 Å². The second-order valence-corrected chi connectivity index (χ2v) is 3.81. The van der Waals surface area contributed by atoms with E-state index in [0.29, 0.717) is 29.0 Å². The molecule has 0 N–H and O–H groups in total. The van der Waals surface area contributed by atoms with Crippen molar-refractivity contribution < 1.29 is 14.3 Å². The average molecular weight is 261 g/mol. The normalized spacial score (nSPS) is 9.94. The zero-order valence-electron chi connectivity index (χ0n) is 8.63. The fourth-order valence-electron chi connectivity index (χ4n) is 1.23. The van der Waals surface area contributed by atoms with E-state index in [4.69, 9.17) is 27.9 Å². The zero-order chi connectivity index (χ0) is 12.1. The minimum Gasteiger partial charge on any atom is -0.466 e. The van der Waals surface area contributed by atoms with E-state index in [9.17, 15) is 9.59 Å². The van der Waals surface area contributed by atoms with Gasteiger partial charge >= 0.3 is 5.97 Å². The molecule has 0 radical (unpaired) electrons. The molecule has 0 saturated heterocycles. The standard InChI is InChI=1S/C11H10Cl2O3/c1-2-16-10(15)5-8-9(12)4-3-7(6-14)11(8)13/h3-4,6H,2,5H2,1H3. The van der Waals surface area contributed by atoms with Crippen molar-refractivity contribution >= 4 is 35.5 Å². The van der Waals surface area contributed by atoms with Crippen LogP contribution in [0.4, 0.5) is 0 Å². The third-order valence-electron chi connectivity index (χ3n) is 1.97. The van der Waals surface area contributed by atoms with E-state index in [1.54, 1.807) is 6.92 Å². The van der Waals surface area contributed by atoms with Crippen LogP contribution >= 0.6 is 23.2 Å². The molecule has 86 valence electrons. The van der Waals surface area contributed by atoms with Gasteiger partial charge in [0.1, 0.15) is 0 Å². The highest BCUT2D eigenvalue weighted by atomic mass is 35.5. The third kappa shape index (κ3) is 2.97. The highest BCUT2D eigenvalue weighted by Gasteiger charge is 2.14. The van der Waals surface area contributed by atoms with Crippen molar-refractivity contribution in [2.45, 2.75) is 13.3 Å². The predicted octanol–water partition coefficient (Wildman–Crippen LogP) is 2.91. The Morgan fingerprint density at radius 1 is 1.44 bits per heavy atom. The molecule has 0 saturated carbocycles. The van der Waals surface area contributed by atoms with Crippen LogP contribution in [0.1, 0.15) is 22.8 Å². The molecule has 3 nitrogen and oxygen atoms in total. The molecule has 0 aliphatic carbocycles. The Bertz CT molecular complexity index is 416. The van der Waals surface area contributed by atoms with Gasteiger partial charge in [0.15, 0.2) is 6.29 Å². The topological polar surface area (TPSA) is 43.4 Å². The van der Waals surface area contributed by atoms with Gasteiger partial charge in [0, 0.05) is 16.1 Å². The Morgan fingerprint density at radius 3 is 2.69 bits per heavy atom. The summed E-state index contributed by atoms with van der Waals surface area (Å²) in [6, 6.07) is 3.04. The van der Waals surface area contributed by atoms with Crippen molar-refractivity contribution in [3.63, 3.8) is 0 Å². The fraction of sp³-hybridized carbons (Fsp3) is 0.273. The van der Waals surface area contributed by atoms with E-state index in [1.807, 2.05) is 0 Å². The Balaban J connectivity index is 3.02. The zero-order valence-corrected chi connectivity index (χ0v) is 10.1. The van der Waals surface area contributed by atoms with Crippen LogP contribution in [-0.4, -0.2) is 18.9 Å². The number of hydrogen-bond donors (Lipinski definition) is 0. The number of ether oxygens (including phenoxy) is 1. The summed E-state index contributed by atoms with van der Waals surface area (Å²) >= 11 is 11.8. The molecule has 0 atom stereocenters. The number of carbonyl (C=O) groups is 2. The Morgan fingerprint density at radius 2 is 2.12 bits per heavy atom. The van der Waals surface area contributed by atoms with Crippen LogP contribution in [0.25, 0.3) is 0 Å². The maximum Gasteiger partial charge on any atom is 0.310 e. The predicted molar refractivity (Wildman–Crippen MR) is 62.2 cm³/mol. The van der Waals surface area contributed by atoms with Crippen LogP contribution in [0.3, 0.4) is 0 Å². The molecule has 0 bridgehead atoms. The van der Waals surface area contributed by atoms with Crippen molar-refractivity contribution in [2.75, 3.05) is 6.61 Å². The van der Waals surface area contributed by atoms with Crippen molar-refractivity contribution in [1.82, 2.24) is 0 Å². The van der Waals surface area contributed by atoms with Crippen LogP contribution in [0.2, 0.25) is 10.0 Å². The second-order valence-electron chi connectivity index (χ2n) is 3.03. The number of hydrogen-bond acceptors (Lipinski definition) is 3. The van der Waals surface area contributed by atoms with Crippen LogP contribution in [0.5, 0.6) is 0 Å².